The number of ether oxygens (including phenoxy) is 2. The van der Waals surface area contributed by atoms with Gasteiger partial charge in [0.25, 0.3) is 5.91 Å². The lowest BCUT2D eigenvalue weighted by atomic mass is 10.1. The molecule has 0 fully saturated rings. The molecule has 0 atom stereocenters. The van der Waals surface area contributed by atoms with Gasteiger partial charge in [0.2, 0.25) is 16.8 Å². The Labute approximate surface area is 175 Å². The lowest BCUT2D eigenvalue weighted by Gasteiger charge is -2.08. The number of sulfonamides is 1. The average Bonchev–Trinajstić information content (AvgIpc) is 3.30. The number of rotatable bonds is 5. The fraction of sp³-hybridized carbons (Fsp3) is 0.111. The summed E-state index contributed by atoms with van der Waals surface area (Å²) in [6.45, 7) is 0.189. The van der Waals surface area contributed by atoms with E-state index in [1.54, 1.807) is 6.07 Å². The van der Waals surface area contributed by atoms with Gasteiger partial charge in [-0.1, -0.05) is 11.6 Å². The third-order valence-corrected chi connectivity index (χ3v) is 5.59. The van der Waals surface area contributed by atoms with Gasteiger partial charge in [0.1, 0.15) is 0 Å². The molecule has 1 aliphatic heterocycles. The van der Waals surface area contributed by atoms with Crippen molar-refractivity contribution >= 4 is 49.7 Å². The minimum Gasteiger partial charge on any atom is -0.454 e. The van der Waals surface area contributed by atoms with Crippen molar-refractivity contribution in [2.24, 2.45) is 0 Å². The van der Waals surface area contributed by atoms with Crippen molar-refractivity contribution in [3.8, 4) is 22.8 Å². The highest BCUT2D eigenvalue weighted by Gasteiger charge is 2.16. The Morgan fingerprint density at radius 3 is 2.76 bits per heavy atom. The van der Waals surface area contributed by atoms with E-state index in [2.05, 4.69) is 15.0 Å². The van der Waals surface area contributed by atoms with E-state index in [4.69, 9.17) is 21.1 Å². The SMILES string of the molecule is CS(=O)(=O)Nc1cc(C(=O)Nc2nc(-c3ccc4c(c3)OCO4)cs2)ccc1Cl. The Balaban J connectivity index is 1.52. The van der Waals surface area contributed by atoms with E-state index in [1.165, 1.54) is 29.5 Å². The lowest BCUT2D eigenvalue weighted by molar-refractivity contribution is 0.102. The van der Waals surface area contributed by atoms with Crippen molar-refractivity contribution in [1.29, 1.82) is 0 Å². The third-order valence-electron chi connectivity index (χ3n) is 3.92. The van der Waals surface area contributed by atoms with Gasteiger partial charge in [-0.3, -0.25) is 14.8 Å². The molecule has 11 heteroatoms. The second-order valence-electron chi connectivity index (χ2n) is 6.13. The first-order valence-electron chi connectivity index (χ1n) is 8.23. The van der Waals surface area contributed by atoms with Gasteiger partial charge in [0.15, 0.2) is 16.6 Å². The quantitative estimate of drug-likeness (QED) is 0.610. The van der Waals surface area contributed by atoms with E-state index in [9.17, 15) is 13.2 Å². The van der Waals surface area contributed by atoms with Crippen LogP contribution in [0.4, 0.5) is 10.8 Å². The molecule has 3 aromatic rings. The number of amides is 1. The minimum absolute atomic E-state index is 0.127. The lowest BCUT2D eigenvalue weighted by Crippen LogP contribution is -2.14. The molecule has 1 aromatic heterocycles. The molecular formula is C18H14ClN3O5S2. The Morgan fingerprint density at radius 1 is 1.17 bits per heavy atom. The van der Waals surface area contributed by atoms with Crippen LogP contribution in [-0.2, 0) is 10.0 Å². The van der Waals surface area contributed by atoms with Crippen molar-refractivity contribution in [1.82, 2.24) is 4.98 Å². The molecule has 2 aromatic carbocycles. The maximum absolute atomic E-state index is 12.5. The van der Waals surface area contributed by atoms with Crippen molar-refractivity contribution in [3.05, 3.63) is 52.4 Å². The van der Waals surface area contributed by atoms with Gasteiger partial charge in [0.05, 0.1) is 22.7 Å². The molecule has 1 aliphatic rings. The Kier molecular flexibility index (Phi) is 5.07. The number of fused-ring (bicyclic) bond motifs is 1. The number of benzene rings is 2. The van der Waals surface area contributed by atoms with Gasteiger partial charge in [-0.05, 0) is 36.4 Å². The number of nitrogens with one attached hydrogen (secondary N) is 2. The molecule has 0 unspecified atom stereocenters. The number of nitrogens with zero attached hydrogens (tertiary/aromatic N) is 1. The van der Waals surface area contributed by atoms with E-state index < -0.39 is 15.9 Å². The molecule has 2 N–H and O–H groups in total. The number of hydrogen-bond donors (Lipinski definition) is 2. The van der Waals surface area contributed by atoms with Crippen LogP contribution in [0.15, 0.2) is 41.8 Å². The van der Waals surface area contributed by atoms with Crippen molar-refractivity contribution in [2.45, 2.75) is 0 Å². The number of aromatic nitrogens is 1. The van der Waals surface area contributed by atoms with E-state index in [0.717, 1.165) is 11.8 Å². The zero-order valence-corrected chi connectivity index (χ0v) is 17.3. The fourth-order valence-electron chi connectivity index (χ4n) is 2.63. The molecule has 0 aliphatic carbocycles. The van der Waals surface area contributed by atoms with Crippen molar-refractivity contribution in [3.63, 3.8) is 0 Å². The zero-order chi connectivity index (χ0) is 20.6. The molecule has 0 radical (unpaired) electrons. The van der Waals surface area contributed by atoms with Crippen LogP contribution in [0.3, 0.4) is 0 Å². The molecule has 29 heavy (non-hydrogen) atoms. The summed E-state index contributed by atoms with van der Waals surface area (Å²) in [5.74, 6) is 0.886. The topological polar surface area (TPSA) is 107 Å². The molecule has 0 spiro atoms. The van der Waals surface area contributed by atoms with Gasteiger partial charge >= 0.3 is 0 Å². The van der Waals surface area contributed by atoms with Gasteiger partial charge in [-0.15, -0.1) is 11.3 Å². The van der Waals surface area contributed by atoms with Crippen LogP contribution in [0, 0.1) is 0 Å². The summed E-state index contributed by atoms with van der Waals surface area (Å²) in [6, 6.07) is 9.80. The standard InChI is InChI=1S/C18H14ClN3O5S2/c1-29(24,25)22-13-6-11(2-4-12(13)19)17(23)21-18-20-14(8-28-18)10-3-5-15-16(7-10)27-9-26-15/h2-8,22H,9H2,1H3,(H,20,21,23). The summed E-state index contributed by atoms with van der Waals surface area (Å²) in [4.78, 5) is 17.0. The van der Waals surface area contributed by atoms with Crippen LogP contribution in [0.5, 0.6) is 11.5 Å². The second-order valence-corrected chi connectivity index (χ2v) is 9.14. The Bertz CT molecular complexity index is 1210. The number of thiazole rings is 1. The van der Waals surface area contributed by atoms with Crippen LogP contribution < -0.4 is 19.5 Å². The molecule has 8 nitrogen and oxygen atoms in total. The van der Waals surface area contributed by atoms with Gasteiger partial charge in [-0.2, -0.15) is 0 Å². The highest BCUT2D eigenvalue weighted by Crippen LogP contribution is 2.36. The molecule has 150 valence electrons. The van der Waals surface area contributed by atoms with E-state index in [0.29, 0.717) is 22.3 Å². The maximum atomic E-state index is 12.5. The number of carbonyl (C=O) groups is 1. The summed E-state index contributed by atoms with van der Waals surface area (Å²) in [7, 11) is -3.53. The first-order chi connectivity index (χ1) is 13.8. The van der Waals surface area contributed by atoms with Crippen molar-refractivity contribution in [2.75, 3.05) is 23.1 Å². The van der Waals surface area contributed by atoms with E-state index >= 15 is 0 Å². The Hall–Kier alpha value is -2.82. The number of hydrogen-bond acceptors (Lipinski definition) is 7. The molecule has 0 saturated carbocycles. The van der Waals surface area contributed by atoms with Crippen LogP contribution in [0.2, 0.25) is 5.02 Å². The first-order valence-corrected chi connectivity index (χ1v) is 11.4. The first kappa shape index (κ1) is 19.5. The normalized spacial score (nSPS) is 12.6. The van der Waals surface area contributed by atoms with Gasteiger partial charge in [0, 0.05) is 16.5 Å². The highest BCUT2D eigenvalue weighted by atomic mass is 35.5. The summed E-state index contributed by atoms with van der Waals surface area (Å²) < 4.78 is 35.8. The maximum Gasteiger partial charge on any atom is 0.257 e. The smallest absolute Gasteiger partial charge is 0.257 e. The van der Waals surface area contributed by atoms with Gasteiger partial charge in [-0.25, -0.2) is 13.4 Å². The number of anilines is 2. The van der Waals surface area contributed by atoms with E-state index in [-0.39, 0.29) is 23.1 Å². The van der Waals surface area contributed by atoms with Crippen LogP contribution >= 0.6 is 22.9 Å². The molecule has 2 heterocycles. The van der Waals surface area contributed by atoms with Crippen molar-refractivity contribution < 1.29 is 22.7 Å². The van der Waals surface area contributed by atoms with Crippen LogP contribution in [-0.4, -0.2) is 32.4 Å². The molecule has 1 amide bonds. The second kappa shape index (κ2) is 7.54. The molecule has 0 bridgehead atoms. The van der Waals surface area contributed by atoms with E-state index in [1.807, 2.05) is 17.5 Å². The van der Waals surface area contributed by atoms with Crippen LogP contribution in [0.25, 0.3) is 11.3 Å². The summed E-state index contributed by atoms with van der Waals surface area (Å²) in [6.07, 6.45) is 1.00. The Morgan fingerprint density at radius 2 is 1.97 bits per heavy atom. The zero-order valence-electron chi connectivity index (χ0n) is 14.9. The minimum atomic E-state index is -3.53. The molecular weight excluding hydrogens is 438 g/mol. The summed E-state index contributed by atoms with van der Waals surface area (Å²) in [5, 5.41) is 5.10. The third kappa shape index (κ3) is 4.44. The largest absolute Gasteiger partial charge is 0.454 e. The average molecular weight is 452 g/mol. The van der Waals surface area contributed by atoms with Gasteiger partial charge < -0.3 is 9.47 Å². The van der Waals surface area contributed by atoms with Crippen LogP contribution in [0.1, 0.15) is 10.4 Å². The fourth-order valence-corrected chi connectivity index (χ4v) is 4.14. The monoisotopic (exact) mass is 451 g/mol. The summed E-state index contributed by atoms with van der Waals surface area (Å²) >= 11 is 7.26. The predicted molar refractivity (Wildman–Crippen MR) is 112 cm³/mol. The number of halogens is 1. The molecule has 0 saturated heterocycles. The predicted octanol–water partition coefficient (Wildman–Crippen LogP) is 3.82. The molecule has 4 rings (SSSR count). The highest BCUT2D eigenvalue weighted by molar-refractivity contribution is 7.92. The number of carbonyl (C=O) groups excluding carboxylic acids is 1. The summed E-state index contributed by atoms with van der Waals surface area (Å²) in [5.41, 5.74) is 1.87.